The van der Waals surface area contributed by atoms with E-state index in [0.29, 0.717) is 6.54 Å². The first-order valence-electron chi connectivity index (χ1n) is 7.81. The number of halogens is 3. The van der Waals surface area contributed by atoms with Gasteiger partial charge in [0, 0.05) is 23.5 Å². The topological polar surface area (TPSA) is 53.6 Å². The van der Waals surface area contributed by atoms with E-state index in [1.807, 2.05) is 36.5 Å². The molecule has 0 saturated heterocycles. The molecule has 5 nitrogen and oxygen atoms in total. The van der Waals surface area contributed by atoms with Crippen molar-refractivity contribution in [1.29, 1.82) is 0 Å². The van der Waals surface area contributed by atoms with Crippen molar-refractivity contribution in [3.8, 4) is 5.75 Å². The van der Waals surface area contributed by atoms with Gasteiger partial charge >= 0.3 is 12.4 Å². The predicted molar refractivity (Wildman–Crippen MR) is 94.1 cm³/mol. The van der Waals surface area contributed by atoms with Gasteiger partial charge in [-0.3, -0.25) is 0 Å². The number of likely N-dealkylation sites (N-methyl/N-ethyl adjacent to an activating group) is 1. The van der Waals surface area contributed by atoms with Crippen LogP contribution in [-0.4, -0.2) is 37.9 Å². The summed E-state index contributed by atoms with van der Waals surface area (Å²) in [5, 5.41) is 7.26. The Hall–Kier alpha value is -2.26. The van der Waals surface area contributed by atoms with Crippen molar-refractivity contribution in [3.63, 3.8) is 0 Å². The molecule has 2 N–H and O–H groups in total. The molecule has 142 valence electrons. The van der Waals surface area contributed by atoms with Crippen LogP contribution in [0.2, 0.25) is 0 Å². The fourth-order valence-electron chi connectivity index (χ4n) is 2.32. The number of amides is 2. The Labute approximate surface area is 153 Å². The highest BCUT2D eigenvalue weighted by atomic mass is 32.1. The molecule has 1 aromatic heterocycles. The number of rotatable bonds is 7. The van der Waals surface area contributed by atoms with Crippen LogP contribution in [0.15, 0.2) is 41.8 Å². The number of nitrogens with one attached hydrogen (secondary N) is 2. The Balaban J connectivity index is 1.89. The van der Waals surface area contributed by atoms with Crippen molar-refractivity contribution in [3.05, 3.63) is 52.2 Å². The number of benzene rings is 1. The highest BCUT2D eigenvalue weighted by Crippen LogP contribution is 2.26. The number of hydrogen-bond donors (Lipinski definition) is 2. The molecule has 1 aromatic carbocycles. The smallest absolute Gasteiger partial charge is 0.405 e. The number of carbonyl (C=O) groups excluding carboxylic acids is 1. The number of carbonyl (C=O) groups is 1. The number of ether oxygens (including phenoxy) is 1. The molecule has 9 heteroatoms. The zero-order valence-corrected chi connectivity index (χ0v) is 15.2. The number of thiophene rings is 1. The average molecular weight is 387 g/mol. The van der Waals surface area contributed by atoms with Gasteiger partial charge in [0.2, 0.25) is 0 Å². The van der Waals surface area contributed by atoms with E-state index in [9.17, 15) is 18.0 Å². The molecular formula is C17H20F3N3O2S. The number of nitrogens with zero attached hydrogens (tertiary/aromatic N) is 1. The third-order valence-electron chi connectivity index (χ3n) is 3.59. The Morgan fingerprint density at radius 1 is 1.19 bits per heavy atom. The lowest BCUT2D eigenvalue weighted by atomic mass is 10.2. The summed E-state index contributed by atoms with van der Waals surface area (Å²) in [4.78, 5) is 15.1. The van der Waals surface area contributed by atoms with Crippen LogP contribution in [0.25, 0.3) is 0 Å². The largest absolute Gasteiger partial charge is 0.573 e. The van der Waals surface area contributed by atoms with Gasteiger partial charge in [-0.25, -0.2) is 4.79 Å². The molecular weight excluding hydrogens is 367 g/mol. The zero-order valence-electron chi connectivity index (χ0n) is 14.3. The summed E-state index contributed by atoms with van der Waals surface area (Å²) >= 11 is 1.59. The van der Waals surface area contributed by atoms with E-state index in [2.05, 4.69) is 15.4 Å². The molecule has 26 heavy (non-hydrogen) atoms. The van der Waals surface area contributed by atoms with Crippen molar-refractivity contribution in [1.82, 2.24) is 15.5 Å². The van der Waals surface area contributed by atoms with Gasteiger partial charge in [0.1, 0.15) is 5.75 Å². The average Bonchev–Trinajstić information content (AvgIpc) is 3.06. The minimum absolute atomic E-state index is 0.0154. The second kappa shape index (κ2) is 8.91. The number of hydrogen-bond acceptors (Lipinski definition) is 4. The minimum Gasteiger partial charge on any atom is -0.405 e. The van der Waals surface area contributed by atoms with Gasteiger partial charge in [-0.1, -0.05) is 24.3 Å². The molecule has 2 rings (SSSR count). The van der Waals surface area contributed by atoms with Crippen LogP contribution in [0.3, 0.4) is 0 Å². The van der Waals surface area contributed by atoms with Crippen LogP contribution in [0.5, 0.6) is 5.75 Å². The Morgan fingerprint density at radius 2 is 1.92 bits per heavy atom. The van der Waals surface area contributed by atoms with Crippen molar-refractivity contribution in [2.24, 2.45) is 0 Å². The lowest BCUT2D eigenvalue weighted by Gasteiger charge is -2.23. The highest BCUT2D eigenvalue weighted by Gasteiger charge is 2.32. The molecule has 1 unspecified atom stereocenters. The summed E-state index contributed by atoms with van der Waals surface area (Å²) in [5.41, 5.74) is 0.238. The fraction of sp³-hybridized carbons (Fsp3) is 0.353. The van der Waals surface area contributed by atoms with Crippen LogP contribution in [-0.2, 0) is 6.54 Å². The molecule has 2 aromatic rings. The van der Waals surface area contributed by atoms with Crippen molar-refractivity contribution >= 4 is 17.4 Å². The van der Waals surface area contributed by atoms with Crippen LogP contribution in [0, 0.1) is 0 Å². The lowest BCUT2D eigenvalue weighted by molar-refractivity contribution is -0.274. The first-order chi connectivity index (χ1) is 12.3. The van der Waals surface area contributed by atoms with Gasteiger partial charge in [-0.15, -0.1) is 24.5 Å². The molecule has 0 spiro atoms. The maximum atomic E-state index is 12.4. The third kappa shape index (κ3) is 6.23. The van der Waals surface area contributed by atoms with E-state index in [-0.39, 0.29) is 23.9 Å². The summed E-state index contributed by atoms with van der Waals surface area (Å²) in [7, 11) is 3.82. The summed E-state index contributed by atoms with van der Waals surface area (Å²) in [6.45, 7) is 0.295. The Bertz CT molecular complexity index is 706. The van der Waals surface area contributed by atoms with Crippen molar-refractivity contribution < 1.29 is 22.7 Å². The molecule has 0 saturated carbocycles. The van der Waals surface area contributed by atoms with E-state index >= 15 is 0 Å². The number of urea groups is 1. The van der Waals surface area contributed by atoms with Gasteiger partial charge < -0.3 is 20.3 Å². The summed E-state index contributed by atoms with van der Waals surface area (Å²) in [5.74, 6) is -0.329. The normalized spacial score (nSPS) is 12.7. The molecule has 0 aliphatic heterocycles. The molecule has 0 aliphatic rings. The minimum atomic E-state index is -4.78. The predicted octanol–water partition coefficient (Wildman–Crippen LogP) is 3.75. The Morgan fingerprint density at radius 3 is 2.54 bits per heavy atom. The van der Waals surface area contributed by atoms with E-state index in [1.54, 1.807) is 17.4 Å². The number of alkyl halides is 3. The fourth-order valence-corrected chi connectivity index (χ4v) is 3.24. The highest BCUT2D eigenvalue weighted by molar-refractivity contribution is 7.10. The second-order valence-electron chi connectivity index (χ2n) is 5.71. The maximum Gasteiger partial charge on any atom is 0.573 e. The molecule has 2 amide bonds. The van der Waals surface area contributed by atoms with Crippen LogP contribution >= 0.6 is 11.3 Å². The van der Waals surface area contributed by atoms with Gasteiger partial charge in [-0.2, -0.15) is 0 Å². The monoisotopic (exact) mass is 387 g/mol. The Kier molecular flexibility index (Phi) is 6.87. The van der Waals surface area contributed by atoms with Gasteiger partial charge in [0.15, 0.2) is 0 Å². The quantitative estimate of drug-likeness (QED) is 0.761. The molecule has 1 atom stereocenters. The molecule has 0 fully saturated rings. The third-order valence-corrected chi connectivity index (χ3v) is 4.56. The van der Waals surface area contributed by atoms with E-state index < -0.39 is 12.4 Å². The molecule has 0 aliphatic carbocycles. The summed E-state index contributed by atoms with van der Waals surface area (Å²) in [6, 6.07) is 9.17. The first kappa shape index (κ1) is 20.1. The van der Waals surface area contributed by atoms with E-state index in [4.69, 9.17) is 0 Å². The van der Waals surface area contributed by atoms with Crippen LogP contribution in [0.4, 0.5) is 18.0 Å². The van der Waals surface area contributed by atoms with Gasteiger partial charge in [0.05, 0.1) is 6.04 Å². The molecule has 0 bridgehead atoms. The molecule has 0 radical (unpaired) electrons. The zero-order chi connectivity index (χ0) is 19.2. The SMILES string of the molecule is CN(C)C(CNC(=O)NCc1ccccc1OC(F)(F)F)c1cccs1. The van der Waals surface area contributed by atoms with Crippen molar-refractivity contribution in [2.75, 3.05) is 20.6 Å². The maximum absolute atomic E-state index is 12.4. The first-order valence-corrected chi connectivity index (χ1v) is 8.69. The molecule has 1 heterocycles. The summed E-state index contributed by atoms with van der Waals surface area (Å²) in [6.07, 6.45) is -4.78. The van der Waals surface area contributed by atoms with Gasteiger partial charge in [0.25, 0.3) is 0 Å². The number of para-hydroxylation sites is 1. The lowest BCUT2D eigenvalue weighted by Crippen LogP contribution is -2.40. The van der Waals surface area contributed by atoms with Crippen molar-refractivity contribution in [2.45, 2.75) is 18.9 Å². The summed E-state index contributed by atoms with van der Waals surface area (Å²) < 4.78 is 41.2. The van der Waals surface area contributed by atoms with Crippen LogP contribution in [0.1, 0.15) is 16.5 Å². The van der Waals surface area contributed by atoms with Crippen LogP contribution < -0.4 is 15.4 Å². The van der Waals surface area contributed by atoms with Gasteiger partial charge in [-0.05, 0) is 31.6 Å². The van der Waals surface area contributed by atoms with E-state index in [0.717, 1.165) is 4.88 Å². The second-order valence-corrected chi connectivity index (χ2v) is 6.69. The van der Waals surface area contributed by atoms with E-state index in [1.165, 1.54) is 18.2 Å². The standard InChI is InChI=1S/C17H20F3N3O2S/c1-23(2)13(15-8-5-9-26-15)11-22-16(24)21-10-12-6-3-4-7-14(12)25-17(18,19)20/h3-9,13H,10-11H2,1-2H3,(H2,21,22,24).